The van der Waals surface area contributed by atoms with Crippen molar-refractivity contribution < 1.29 is 9.57 Å². The molecule has 1 atom stereocenters. The molecule has 1 aromatic carbocycles. The normalized spacial score (nSPS) is 18.8. The lowest BCUT2D eigenvalue weighted by Gasteiger charge is -2.17. The Labute approximate surface area is 109 Å². The molecule has 1 aromatic rings. The largest absolute Gasteiger partial charge is 0.492 e. The van der Waals surface area contributed by atoms with Crippen LogP contribution in [0.15, 0.2) is 21.8 Å². The van der Waals surface area contributed by atoms with E-state index in [2.05, 4.69) is 21.1 Å². The maximum absolute atomic E-state index is 6.01. The minimum atomic E-state index is -0.144. The second-order valence-corrected chi connectivity index (χ2v) is 4.79. The van der Waals surface area contributed by atoms with Crippen LogP contribution in [0.5, 0.6) is 5.75 Å². The average Bonchev–Trinajstić information content (AvgIpc) is 2.70. The molecule has 0 aromatic heterocycles. The van der Waals surface area contributed by atoms with E-state index in [1.807, 2.05) is 26.0 Å². The fourth-order valence-electron chi connectivity index (χ4n) is 1.86. The van der Waals surface area contributed by atoms with E-state index in [1.165, 1.54) is 0 Å². The Kier molecular flexibility index (Phi) is 3.57. The number of benzene rings is 1. The van der Waals surface area contributed by atoms with Crippen LogP contribution in [-0.4, -0.2) is 12.3 Å². The van der Waals surface area contributed by atoms with Crippen molar-refractivity contribution >= 4 is 27.3 Å². The molecule has 0 aliphatic carbocycles. The fourth-order valence-corrected chi connectivity index (χ4v) is 2.32. The molecule has 2 rings (SSSR count). The van der Waals surface area contributed by atoms with Gasteiger partial charge in [0.1, 0.15) is 5.75 Å². The third-order valence-electron chi connectivity index (χ3n) is 2.61. The first-order valence-electron chi connectivity index (χ1n) is 5.53. The van der Waals surface area contributed by atoms with Crippen LogP contribution >= 0.6 is 15.9 Å². The molecule has 2 N–H and O–H groups in total. The minimum Gasteiger partial charge on any atom is -0.492 e. The van der Waals surface area contributed by atoms with Gasteiger partial charge in [-0.15, -0.1) is 0 Å². The highest BCUT2D eigenvalue weighted by Gasteiger charge is 2.27. The summed E-state index contributed by atoms with van der Waals surface area (Å²) in [4.78, 5) is 5.38. The number of anilines is 1. The van der Waals surface area contributed by atoms with Gasteiger partial charge in [0.05, 0.1) is 22.4 Å². The second-order valence-electron chi connectivity index (χ2n) is 3.94. The summed E-state index contributed by atoms with van der Waals surface area (Å²) in [6.07, 6.45) is 0.606. The molecule has 17 heavy (non-hydrogen) atoms. The van der Waals surface area contributed by atoms with Gasteiger partial charge in [0, 0.05) is 12.1 Å². The van der Waals surface area contributed by atoms with Crippen molar-refractivity contribution in [3.8, 4) is 5.75 Å². The van der Waals surface area contributed by atoms with E-state index in [1.54, 1.807) is 0 Å². The van der Waals surface area contributed by atoms with E-state index in [4.69, 9.17) is 15.3 Å². The van der Waals surface area contributed by atoms with Crippen molar-refractivity contribution in [3.05, 3.63) is 22.2 Å². The molecular weight excluding hydrogens is 284 g/mol. The molecule has 5 heteroatoms. The van der Waals surface area contributed by atoms with Gasteiger partial charge in [0.2, 0.25) is 0 Å². The van der Waals surface area contributed by atoms with Crippen LogP contribution in [0.4, 0.5) is 5.69 Å². The molecule has 1 unspecified atom stereocenters. The lowest BCUT2D eigenvalue weighted by molar-refractivity contribution is 0.0836. The van der Waals surface area contributed by atoms with E-state index in [0.29, 0.717) is 12.3 Å². The first-order chi connectivity index (χ1) is 8.13. The molecule has 0 saturated heterocycles. The zero-order valence-electron chi connectivity index (χ0n) is 9.87. The van der Waals surface area contributed by atoms with E-state index in [9.17, 15) is 0 Å². The SMILES string of the molecule is CCOc1c(Br)ccc(N)c1C1CC(C)=NO1. The summed E-state index contributed by atoms with van der Waals surface area (Å²) in [7, 11) is 0. The summed E-state index contributed by atoms with van der Waals surface area (Å²) >= 11 is 3.47. The Morgan fingerprint density at radius 3 is 2.94 bits per heavy atom. The average molecular weight is 299 g/mol. The topological polar surface area (TPSA) is 56.8 Å². The number of halogens is 1. The van der Waals surface area contributed by atoms with Gasteiger partial charge in [0.25, 0.3) is 0 Å². The minimum absolute atomic E-state index is 0.144. The number of nitrogen functional groups attached to an aromatic ring is 1. The van der Waals surface area contributed by atoms with Crippen LogP contribution in [0.3, 0.4) is 0 Å². The van der Waals surface area contributed by atoms with Crippen molar-refractivity contribution in [1.29, 1.82) is 0 Å². The summed E-state index contributed by atoms with van der Waals surface area (Å²) in [6, 6.07) is 3.73. The number of nitrogens with zero attached hydrogens (tertiary/aromatic N) is 1. The third-order valence-corrected chi connectivity index (χ3v) is 3.23. The lowest BCUT2D eigenvalue weighted by Crippen LogP contribution is -2.07. The van der Waals surface area contributed by atoms with E-state index < -0.39 is 0 Å². The zero-order valence-corrected chi connectivity index (χ0v) is 11.5. The fraction of sp³-hybridized carbons (Fsp3) is 0.417. The lowest BCUT2D eigenvalue weighted by atomic mass is 10.0. The van der Waals surface area contributed by atoms with E-state index >= 15 is 0 Å². The van der Waals surface area contributed by atoms with Crippen LogP contribution in [-0.2, 0) is 4.84 Å². The van der Waals surface area contributed by atoms with Crippen LogP contribution in [0.1, 0.15) is 31.9 Å². The first-order valence-corrected chi connectivity index (χ1v) is 6.32. The van der Waals surface area contributed by atoms with Gasteiger partial charge in [-0.05, 0) is 41.9 Å². The van der Waals surface area contributed by atoms with Gasteiger partial charge in [-0.1, -0.05) is 5.16 Å². The molecule has 1 aliphatic heterocycles. The van der Waals surface area contributed by atoms with Crippen LogP contribution in [0.2, 0.25) is 0 Å². The number of nitrogens with two attached hydrogens (primary N) is 1. The molecule has 0 fully saturated rings. The maximum Gasteiger partial charge on any atom is 0.163 e. The number of ether oxygens (including phenoxy) is 1. The summed E-state index contributed by atoms with van der Waals surface area (Å²) in [6.45, 7) is 4.47. The Morgan fingerprint density at radius 2 is 2.35 bits per heavy atom. The standard InChI is InChI=1S/C12H15BrN2O2/c1-3-16-12-8(13)4-5-9(14)11(12)10-6-7(2)15-17-10/h4-5,10H,3,6,14H2,1-2H3. The highest BCUT2D eigenvalue weighted by molar-refractivity contribution is 9.10. The zero-order chi connectivity index (χ0) is 12.4. The molecule has 92 valence electrons. The highest BCUT2D eigenvalue weighted by Crippen LogP contribution is 2.41. The van der Waals surface area contributed by atoms with Gasteiger partial charge < -0.3 is 15.3 Å². The number of oxime groups is 1. The molecular formula is C12H15BrN2O2. The van der Waals surface area contributed by atoms with Gasteiger partial charge in [-0.2, -0.15) is 0 Å². The molecule has 0 bridgehead atoms. The monoisotopic (exact) mass is 298 g/mol. The number of rotatable bonds is 3. The second kappa shape index (κ2) is 4.96. The van der Waals surface area contributed by atoms with Crippen molar-refractivity contribution in [3.63, 3.8) is 0 Å². The Morgan fingerprint density at radius 1 is 1.59 bits per heavy atom. The first kappa shape index (κ1) is 12.2. The quantitative estimate of drug-likeness (QED) is 0.871. The molecule has 1 heterocycles. The third kappa shape index (κ3) is 2.39. The van der Waals surface area contributed by atoms with Crippen LogP contribution in [0.25, 0.3) is 0 Å². The predicted octanol–water partition coefficient (Wildman–Crippen LogP) is 3.27. The van der Waals surface area contributed by atoms with Crippen LogP contribution < -0.4 is 10.5 Å². The molecule has 0 saturated carbocycles. The summed E-state index contributed by atoms with van der Waals surface area (Å²) in [5.74, 6) is 0.752. The summed E-state index contributed by atoms with van der Waals surface area (Å²) < 4.78 is 6.52. The Balaban J connectivity index is 2.40. The number of hydrogen-bond donors (Lipinski definition) is 1. The van der Waals surface area contributed by atoms with Crippen molar-refractivity contribution in [2.75, 3.05) is 12.3 Å². The Bertz CT molecular complexity index is 460. The Hall–Kier alpha value is -1.23. The molecule has 4 nitrogen and oxygen atoms in total. The van der Waals surface area contributed by atoms with E-state index in [-0.39, 0.29) is 6.10 Å². The van der Waals surface area contributed by atoms with Crippen molar-refractivity contribution in [2.24, 2.45) is 5.16 Å². The summed E-state index contributed by atoms with van der Waals surface area (Å²) in [5, 5.41) is 3.96. The maximum atomic E-state index is 6.01. The number of hydrogen-bond acceptors (Lipinski definition) is 4. The van der Waals surface area contributed by atoms with Gasteiger partial charge in [-0.3, -0.25) is 0 Å². The van der Waals surface area contributed by atoms with Gasteiger partial charge in [0.15, 0.2) is 6.10 Å². The molecule has 0 spiro atoms. The summed E-state index contributed by atoms with van der Waals surface area (Å²) in [5.41, 5.74) is 8.53. The smallest absolute Gasteiger partial charge is 0.163 e. The van der Waals surface area contributed by atoms with Crippen molar-refractivity contribution in [1.82, 2.24) is 0 Å². The molecule has 1 aliphatic rings. The van der Waals surface area contributed by atoms with Crippen molar-refractivity contribution in [2.45, 2.75) is 26.4 Å². The molecule has 0 amide bonds. The van der Waals surface area contributed by atoms with Gasteiger partial charge in [-0.25, -0.2) is 0 Å². The van der Waals surface area contributed by atoms with Gasteiger partial charge >= 0.3 is 0 Å². The van der Waals surface area contributed by atoms with Crippen LogP contribution in [0, 0.1) is 0 Å². The van der Waals surface area contributed by atoms with E-state index in [0.717, 1.165) is 27.9 Å². The molecule has 0 radical (unpaired) electrons. The highest BCUT2D eigenvalue weighted by atomic mass is 79.9. The predicted molar refractivity (Wildman–Crippen MR) is 71.3 cm³/mol.